The Balaban J connectivity index is 2.09. The molecule has 0 amide bonds. The van der Waals surface area contributed by atoms with Gasteiger partial charge in [-0.3, -0.25) is 4.79 Å². The zero-order valence-corrected chi connectivity index (χ0v) is 9.80. The highest BCUT2D eigenvalue weighted by molar-refractivity contribution is 6.30. The summed E-state index contributed by atoms with van der Waals surface area (Å²) in [5.41, 5.74) is 2.27. The molecule has 0 atom stereocenters. The molecule has 2 nitrogen and oxygen atoms in total. The Hall–Kier alpha value is -2.35. The fourth-order valence-corrected chi connectivity index (χ4v) is 2.10. The number of ether oxygens (including phenoxy) is 1. The van der Waals surface area contributed by atoms with E-state index >= 15 is 0 Å². The molecular weight excluding hydrogens is 224 g/mol. The van der Waals surface area contributed by atoms with E-state index in [1.165, 1.54) is 0 Å². The van der Waals surface area contributed by atoms with Crippen molar-refractivity contribution in [1.29, 1.82) is 0 Å². The number of ketones is 1. The fraction of sp³-hybridized carbons (Fsp3) is 0.0625. The van der Waals surface area contributed by atoms with Crippen LogP contribution in [0.3, 0.4) is 0 Å². The zero-order chi connectivity index (χ0) is 12.4. The van der Waals surface area contributed by atoms with Crippen molar-refractivity contribution < 1.29 is 9.53 Å². The van der Waals surface area contributed by atoms with Gasteiger partial charge in [-0.25, -0.2) is 0 Å². The van der Waals surface area contributed by atoms with Crippen LogP contribution in [0.2, 0.25) is 0 Å². The van der Waals surface area contributed by atoms with Gasteiger partial charge in [0.25, 0.3) is 0 Å². The van der Waals surface area contributed by atoms with E-state index in [9.17, 15) is 4.79 Å². The summed E-state index contributed by atoms with van der Waals surface area (Å²) in [6.07, 6.45) is 1.84. The number of carbonyl (C=O) groups is 1. The Labute approximate surface area is 106 Å². The second kappa shape index (κ2) is 4.49. The molecule has 0 fully saturated rings. The van der Waals surface area contributed by atoms with Crippen molar-refractivity contribution in [1.82, 2.24) is 0 Å². The molecule has 0 saturated heterocycles. The number of para-hydroxylation sites is 1. The third-order valence-corrected chi connectivity index (χ3v) is 2.99. The van der Waals surface area contributed by atoms with Crippen LogP contribution >= 0.6 is 0 Å². The number of fused-ring (bicyclic) bond motifs is 1. The molecule has 0 N–H and O–H groups in total. The van der Waals surface area contributed by atoms with Gasteiger partial charge in [0.15, 0.2) is 5.78 Å². The van der Waals surface area contributed by atoms with Crippen LogP contribution in [0.5, 0.6) is 5.75 Å². The molecule has 2 heteroatoms. The molecule has 0 unspecified atom stereocenters. The summed E-state index contributed by atoms with van der Waals surface area (Å²) >= 11 is 0. The Bertz CT molecular complexity index is 612. The Morgan fingerprint density at radius 1 is 0.889 bits per heavy atom. The summed E-state index contributed by atoms with van der Waals surface area (Å²) in [6.45, 7) is 0.424. The first-order valence-electron chi connectivity index (χ1n) is 5.88. The van der Waals surface area contributed by atoms with Crippen LogP contribution in [0.25, 0.3) is 5.57 Å². The lowest BCUT2D eigenvalue weighted by molar-refractivity contribution is 0.105. The quantitative estimate of drug-likeness (QED) is 0.759. The van der Waals surface area contributed by atoms with E-state index in [0.29, 0.717) is 23.5 Å². The van der Waals surface area contributed by atoms with Crippen LogP contribution in [0.15, 0.2) is 60.7 Å². The monoisotopic (exact) mass is 236 g/mol. The van der Waals surface area contributed by atoms with E-state index in [1.54, 1.807) is 6.07 Å². The molecule has 18 heavy (non-hydrogen) atoms. The summed E-state index contributed by atoms with van der Waals surface area (Å²) in [5.74, 6) is 0.680. The van der Waals surface area contributed by atoms with Gasteiger partial charge in [-0.05, 0) is 23.8 Å². The van der Waals surface area contributed by atoms with Gasteiger partial charge in [0, 0.05) is 5.57 Å². The molecule has 1 aliphatic heterocycles. The lowest BCUT2D eigenvalue weighted by Crippen LogP contribution is -2.02. The summed E-state index contributed by atoms with van der Waals surface area (Å²) in [5, 5.41) is 0. The summed E-state index contributed by atoms with van der Waals surface area (Å²) in [4.78, 5) is 12.5. The molecule has 0 aliphatic carbocycles. The van der Waals surface area contributed by atoms with Crippen LogP contribution in [0, 0.1) is 0 Å². The second-order valence-corrected chi connectivity index (χ2v) is 4.12. The molecule has 0 bridgehead atoms. The molecule has 0 saturated carbocycles. The standard InChI is InChI=1S/C16H12O2/c17-16-13(12-6-2-1-3-7-12)10-11-18-15-9-5-4-8-14(15)16/h1-10H,11H2. The number of benzene rings is 2. The van der Waals surface area contributed by atoms with Crippen molar-refractivity contribution in [3.8, 4) is 5.75 Å². The lowest BCUT2D eigenvalue weighted by atomic mass is 9.97. The Morgan fingerprint density at radius 3 is 2.44 bits per heavy atom. The van der Waals surface area contributed by atoms with Crippen molar-refractivity contribution in [2.24, 2.45) is 0 Å². The molecule has 2 aromatic carbocycles. The molecule has 1 heterocycles. The minimum Gasteiger partial charge on any atom is -0.489 e. The third kappa shape index (κ3) is 1.82. The first-order valence-corrected chi connectivity index (χ1v) is 5.88. The van der Waals surface area contributed by atoms with Crippen LogP contribution in [0.1, 0.15) is 15.9 Å². The van der Waals surface area contributed by atoms with Gasteiger partial charge < -0.3 is 4.74 Å². The highest BCUT2D eigenvalue weighted by atomic mass is 16.5. The smallest absolute Gasteiger partial charge is 0.197 e. The van der Waals surface area contributed by atoms with Crippen molar-refractivity contribution >= 4 is 11.4 Å². The number of hydrogen-bond donors (Lipinski definition) is 0. The molecular formula is C16H12O2. The van der Waals surface area contributed by atoms with E-state index in [-0.39, 0.29) is 5.78 Å². The zero-order valence-electron chi connectivity index (χ0n) is 9.80. The van der Waals surface area contributed by atoms with E-state index in [0.717, 1.165) is 5.56 Å². The van der Waals surface area contributed by atoms with Gasteiger partial charge in [-0.2, -0.15) is 0 Å². The number of carbonyl (C=O) groups excluding carboxylic acids is 1. The lowest BCUT2D eigenvalue weighted by Gasteiger charge is -2.06. The predicted molar refractivity (Wildman–Crippen MR) is 70.7 cm³/mol. The minimum atomic E-state index is 0.0225. The Kier molecular flexibility index (Phi) is 2.69. The van der Waals surface area contributed by atoms with Gasteiger partial charge in [0.1, 0.15) is 12.4 Å². The van der Waals surface area contributed by atoms with Gasteiger partial charge in [-0.15, -0.1) is 0 Å². The van der Waals surface area contributed by atoms with Crippen molar-refractivity contribution in [2.45, 2.75) is 0 Å². The van der Waals surface area contributed by atoms with Crippen LogP contribution in [-0.4, -0.2) is 12.4 Å². The molecule has 3 rings (SSSR count). The number of rotatable bonds is 1. The van der Waals surface area contributed by atoms with Crippen molar-refractivity contribution in [2.75, 3.05) is 6.61 Å². The Morgan fingerprint density at radius 2 is 1.61 bits per heavy atom. The van der Waals surface area contributed by atoms with Gasteiger partial charge in [-0.1, -0.05) is 42.5 Å². The molecule has 1 aliphatic rings. The third-order valence-electron chi connectivity index (χ3n) is 2.99. The normalized spacial score (nSPS) is 14.2. The van der Waals surface area contributed by atoms with Crippen molar-refractivity contribution in [3.63, 3.8) is 0 Å². The van der Waals surface area contributed by atoms with Crippen molar-refractivity contribution in [3.05, 3.63) is 71.8 Å². The summed E-state index contributed by atoms with van der Waals surface area (Å²) in [6, 6.07) is 17.1. The van der Waals surface area contributed by atoms with Gasteiger partial charge >= 0.3 is 0 Å². The average Bonchev–Trinajstić information content (AvgIpc) is 2.60. The maximum atomic E-state index is 12.5. The molecule has 0 spiro atoms. The van der Waals surface area contributed by atoms with Crippen LogP contribution < -0.4 is 4.74 Å². The van der Waals surface area contributed by atoms with E-state index in [2.05, 4.69) is 0 Å². The number of Topliss-reactive ketones (excluding diaryl/α,β-unsaturated/α-hetero) is 1. The fourth-order valence-electron chi connectivity index (χ4n) is 2.10. The number of hydrogen-bond acceptors (Lipinski definition) is 2. The molecule has 88 valence electrons. The molecule has 0 aromatic heterocycles. The van der Waals surface area contributed by atoms with Gasteiger partial charge in [0.05, 0.1) is 5.56 Å². The van der Waals surface area contributed by atoms with E-state index < -0.39 is 0 Å². The highest BCUT2D eigenvalue weighted by Crippen LogP contribution is 2.28. The first kappa shape index (κ1) is 10.8. The maximum Gasteiger partial charge on any atom is 0.197 e. The van der Waals surface area contributed by atoms with E-state index in [1.807, 2.05) is 54.6 Å². The summed E-state index contributed by atoms with van der Waals surface area (Å²) < 4.78 is 5.57. The summed E-state index contributed by atoms with van der Waals surface area (Å²) in [7, 11) is 0. The topological polar surface area (TPSA) is 26.3 Å². The minimum absolute atomic E-state index is 0.0225. The molecule has 2 aromatic rings. The molecule has 0 radical (unpaired) electrons. The van der Waals surface area contributed by atoms with Gasteiger partial charge in [0.2, 0.25) is 0 Å². The number of allylic oxidation sites excluding steroid dienone is 1. The maximum absolute atomic E-state index is 12.5. The SMILES string of the molecule is O=C1C(c2ccccc2)=CCOc2ccccc21. The van der Waals surface area contributed by atoms with E-state index in [4.69, 9.17) is 4.74 Å². The highest BCUT2D eigenvalue weighted by Gasteiger charge is 2.20. The predicted octanol–water partition coefficient (Wildman–Crippen LogP) is 3.35. The van der Waals surface area contributed by atoms with Crippen LogP contribution in [0.4, 0.5) is 0 Å². The second-order valence-electron chi connectivity index (χ2n) is 4.12. The first-order chi connectivity index (χ1) is 8.86. The van der Waals surface area contributed by atoms with Crippen LogP contribution in [-0.2, 0) is 0 Å². The average molecular weight is 236 g/mol. The largest absolute Gasteiger partial charge is 0.489 e.